The van der Waals surface area contributed by atoms with Crippen LogP contribution >= 0.6 is 12.4 Å². The van der Waals surface area contributed by atoms with Crippen LogP contribution in [0.15, 0.2) is 0 Å². The summed E-state index contributed by atoms with van der Waals surface area (Å²) in [6, 6.07) is 0.512. The molecule has 3 rings (SSSR count). The van der Waals surface area contributed by atoms with Gasteiger partial charge in [0.25, 0.3) is 10.2 Å². The van der Waals surface area contributed by atoms with Gasteiger partial charge in [0, 0.05) is 32.2 Å². The highest BCUT2D eigenvalue weighted by Crippen LogP contribution is 2.28. The molecule has 0 unspecified atom stereocenters. The highest BCUT2D eigenvalue weighted by Gasteiger charge is 2.34. The first-order valence-corrected chi connectivity index (χ1v) is 9.94. The fourth-order valence-electron chi connectivity index (χ4n) is 3.32. The average Bonchev–Trinajstić information content (AvgIpc) is 3.30. The number of hydrogen-bond donors (Lipinski definition) is 1. The van der Waals surface area contributed by atoms with Crippen LogP contribution in [0.4, 0.5) is 0 Å². The second kappa shape index (κ2) is 7.79. The number of halogens is 1. The lowest BCUT2D eigenvalue weighted by Crippen LogP contribution is -2.51. The van der Waals surface area contributed by atoms with Gasteiger partial charge in [0.15, 0.2) is 0 Å². The van der Waals surface area contributed by atoms with Crippen molar-refractivity contribution in [3.05, 3.63) is 0 Å². The Morgan fingerprint density at radius 1 is 0.909 bits per heavy atom. The monoisotopic (exact) mass is 351 g/mol. The molecule has 0 aromatic rings. The second-order valence-electron chi connectivity index (χ2n) is 7.11. The van der Waals surface area contributed by atoms with Crippen LogP contribution in [0.5, 0.6) is 0 Å². The SMILES string of the molecule is CC1CCN(S(=O)(=O)N2CCC(NCC3CC3)CC2)CC1.Cl. The third-order valence-electron chi connectivity index (χ3n) is 5.24. The fourth-order valence-corrected chi connectivity index (χ4v) is 5.00. The Morgan fingerprint density at radius 3 is 1.91 bits per heavy atom. The van der Waals surface area contributed by atoms with E-state index in [-0.39, 0.29) is 12.4 Å². The third-order valence-corrected chi connectivity index (χ3v) is 7.28. The molecule has 2 heterocycles. The molecule has 5 nitrogen and oxygen atoms in total. The van der Waals surface area contributed by atoms with Crippen LogP contribution < -0.4 is 5.32 Å². The Kier molecular flexibility index (Phi) is 6.54. The van der Waals surface area contributed by atoms with Crippen molar-refractivity contribution >= 4 is 22.6 Å². The largest absolute Gasteiger partial charge is 0.314 e. The summed E-state index contributed by atoms with van der Waals surface area (Å²) in [4.78, 5) is 0. The lowest BCUT2D eigenvalue weighted by Gasteiger charge is -2.37. The lowest BCUT2D eigenvalue weighted by molar-refractivity contribution is 0.238. The van der Waals surface area contributed by atoms with Crippen molar-refractivity contribution in [1.82, 2.24) is 13.9 Å². The van der Waals surface area contributed by atoms with Crippen molar-refractivity contribution in [3.63, 3.8) is 0 Å². The van der Waals surface area contributed by atoms with Gasteiger partial charge in [-0.05, 0) is 56.9 Å². The van der Waals surface area contributed by atoms with Crippen LogP contribution in [-0.4, -0.2) is 55.8 Å². The molecule has 0 spiro atoms. The van der Waals surface area contributed by atoms with Gasteiger partial charge < -0.3 is 5.32 Å². The number of hydrogen-bond acceptors (Lipinski definition) is 3. The molecule has 0 bridgehead atoms. The van der Waals surface area contributed by atoms with Crippen molar-refractivity contribution < 1.29 is 8.42 Å². The van der Waals surface area contributed by atoms with Gasteiger partial charge in [-0.15, -0.1) is 12.4 Å². The van der Waals surface area contributed by atoms with Crippen molar-refractivity contribution in [3.8, 4) is 0 Å². The fraction of sp³-hybridized carbons (Fsp3) is 1.00. The van der Waals surface area contributed by atoms with E-state index in [2.05, 4.69) is 12.2 Å². The van der Waals surface area contributed by atoms with Crippen molar-refractivity contribution in [1.29, 1.82) is 0 Å². The molecule has 0 atom stereocenters. The highest BCUT2D eigenvalue weighted by atomic mass is 35.5. The van der Waals surface area contributed by atoms with E-state index in [0.29, 0.717) is 38.1 Å². The van der Waals surface area contributed by atoms with Crippen LogP contribution in [-0.2, 0) is 10.2 Å². The first kappa shape index (κ1) is 18.5. The Morgan fingerprint density at radius 2 is 1.41 bits per heavy atom. The number of nitrogens with zero attached hydrogens (tertiary/aromatic N) is 2. The van der Waals surface area contributed by atoms with E-state index in [0.717, 1.165) is 38.1 Å². The standard InChI is InChI=1S/C15H29N3O2S.ClH/c1-13-4-8-17(9-5-13)21(19,20)18-10-6-15(7-11-18)16-12-14-2-3-14;/h13-16H,2-12H2,1H3;1H. The van der Waals surface area contributed by atoms with Crippen LogP contribution in [0, 0.1) is 11.8 Å². The Balaban J connectivity index is 0.00000176. The number of piperidine rings is 2. The maximum Gasteiger partial charge on any atom is 0.281 e. The summed E-state index contributed by atoms with van der Waals surface area (Å²) < 4.78 is 28.7. The molecule has 0 aromatic heterocycles. The second-order valence-corrected chi connectivity index (χ2v) is 9.04. The molecular weight excluding hydrogens is 322 g/mol. The maximum absolute atomic E-state index is 12.7. The normalized spacial score (nSPS) is 26.8. The van der Waals surface area contributed by atoms with Gasteiger partial charge in [0.2, 0.25) is 0 Å². The zero-order valence-corrected chi connectivity index (χ0v) is 15.2. The Labute approximate surface area is 141 Å². The smallest absolute Gasteiger partial charge is 0.281 e. The van der Waals surface area contributed by atoms with Gasteiger partial charge in [-0.25, -0.2) is 0 Å². The zero-order chi connectivity index (χ0) is 14.9. The molecular formula is C15H30ClN3O2S. The molecule has 1 N–H and O–H groups in total. The van der Waals surface area contributed by atoms with Gasteiger partial charge in [0.05, 0.1) is 0 Å². The number of rotatable bonds is 5. The highest BCUT2D eigenvalue weighted by molar-refractivity contribution is 7.86. The summed E-state index contributed by atoms with van der Waals surface area (Å²) in [6.45, 7) is 6.09. The van der Waals surface area contributed by atoms with Gasteiger partial charge >= 0.3 is 0 Å². The van der Waals surface area contributed by atoms with Crippen molar-refractivity contribution in [2.45, 2.75) is 51.5 Å². The maximum atomic E-state index is 12.7. The molecule has 3 aliphatic rings. The molecule has 7 heteroatoms. The molecule has 2 saturated heterocycles. The van der Waals surface area contributed by atoms with Gasteiger partial charge in [0.1, 0.15) is 0 Å². The summed E-state index contributed by atoms with van der Waals surface area (Å²) in [5.74, 6) is 1.55. The summed E-state index contributed by atoms with van der Waals surface area (Å²) in [6.07, 6.45) is 6.64. The van der Waals surface area contributed by atoms with Gasteiger partial charge in [-0.2, -0.15) is 17.0 Å². The predicted molar refractivity (Wildman–Crippen MR) is 91.5 cm³/mol. The Hall–Kier alpha value is 0.120. The average molecular weight is 352 g/mol. The summed E-state index contributed by atoms with van der Waals surface area (Å²) in [7, 11) is -3.21. The lowest BCUT2D eigenvalue weighted by atomic mass is 10.0. The molecule has 0 radical (unpaired) electrons. The molecule has 1 saturated carbocycles. The van der Waals surface area contributed by atoms with E-state index in [1.165, 1.54) is 12.8 Å². The number of nitrogens with one attached hydrogen (secondary N) is 1. The van der Waals surface area contributed by atoms with Crippen molar-refractivity contribution in [2.75, 3.05) is 32.7 Å². The minimum Gasteiger partial charge on any atom is -0.314 e. The Bertz CT molecular complexity index is 440. The first-order valence-electron chi connectivity index (χ1n) is 8.54. The van der Waals surface area contributed by atoms with E-state index < -0.39 is 10.2 Å². The van der Waals surface area contributed by atoms with Crippen LogP contribution in [0.2, 0.25) is 0 Å². The minimum absolute atomic E-state index is 0. The van der Waals surface area contributed by atoms with E-state index >= 15 is 0 Å². The van der Waals surface area contributed by atoms with E-state index in [1.807, 2.05) is 0 Å². The topological polar surface area (TPSA) is 52.7 Å². The van der Waals surface area contributed by atoms with E-state index in [1.54, 1.807) is 8.61 Å². The molecule has 130 valence electrons. The quantitative estimate of drug-likeness (QED) is 0.822. The van der Waals surface area contributed by atoms with Crippen LogP contribution in [0.3, 0.4) is 0 Å². The van der Waals surface area contributed by atoms with Crippen LogP contribution in [0.25, 0.3) is 0 Å². The summed E-state index contributed by atoms with van der Waals surface area (Å²) in [5.41, 5.74) is 0. The molecule has 3 fully saturated rings. The molecule has 0 amide bonds. The molecule has 2 aliphatic heterocycles. The third kappa shape index (κ3) is 4.57. The zero-order valence-electron chi connectivity index (χ0n) is 13.5. The summed E-state index contributed by atoms with van der Waals surface area (Å²) >= 11 is 0. The van der Waals surface area contributed by atoms with Gasteiger partial charge in [-0.1, -0.05) is 6.92 Å². The predicted octanol–water partition coefficient (Wildman–Crippen LogP) is 1.85. The molecule has 22 heavy (non-hydrogen) atoms. The summed E-state index contributed by atoms with van der Waals surface area (Å²) in [5, 5.41) is 3.61. The molecule has 0 aromatic carbocycles. The van der Waals surface area contributed by atoms with E-state index in [9.17, 15) is 8.42 Å². The minimum atomic E-state index is -3.21. The van der Waals surface area contributed by atoms with Gasteiger partial charge in [-0.3, -0.25) is 0 Å². The van der Waals surface area contributed by atoms with E-state index in [4.69, 9.17) is 0 Å². The van der Waals surface area contributed by atoms with Crippen LogP contribution in [0.1, 0.15) is 45.4 Å². The molecule has 1 aliphatic carbocycles. The van der Waals surface area contributed by atoms with Crippen molar-refractivity contribution in [2.24, 2.45) is 11.8 Å². The first-order chi connectivity index (χ1) is 10.1.